The Hall–Kier alpha value is -1.82. The van der Waals surface area contributed by atoms with E-state index in [1.807, 2.05) is 44.2 Å². The number of carbonyl (C=O) groups excluding carboxylic acids is 1. The smallest absolute Gasteiger partial charge is 0.219 e. The summed E-state index contributed by atoms with van der Waals surface area (Å²) in [5.41, 5.74) is 1.15. The van der Waals surface area contributed by atoms with Crippen LogP contribution in [0.15, 0.2) is 30.3 Å². The minimum Gasteiger partial charge on any atom is -0.341 e. The lowest BCUT2D eigenvalue weighted by Crippen LogP contribution is -2.25. The SMILES string of the molecule is CC.CC(=O)N1C[C@@H](C#N)[C@H](c2ccccc2)C1. The van der Waals surface area contributed by atoms with E-state index < -0.39 is 0 Å². The van der Waals surface area contributed by atoms with E-state index in [4.69, 9.17) is 5.26 Å². The third-order valence-corrected chi connectivity index (χ3v) is 3.16. The molecule has 1 aliphatic heterocycles. The van der Waals surface area contributed by atoms with E-state index in [-0.39, 0.29) is 17.7 Å². The van der Waals surface area contributed by atoms with Gasteiger partial charge in [-0.15, -0.1) is 0 Å². The predicted octanol–water partition coefficient (Wildman–Crippen LogP) is 2.80. The number of carbonyl (C=O) groups is 1. The highest BCUT2D eigenvalue weighted by atomic mass is 16.2. The van der Waals surface area contributed by atoms with Gasteiger partial charge in [-0.1, -0.05) is 44.2 Å². The first-order valence-electron chi connectivity index (χ1n) is 6.42. The fraction of sp³-hybridized carbons (Fsp3) is 0.467. The van der Waals surface area contributed by atoms with Crippen molar-refractivity contribution in [3.05, 3.63) is 35.9 Å². The number of likely N-dealkylation sites (tertiary alicyclic amines) is 1. The average Bonchev–Trinajstić information content (AvgIpc) is 2.86. The van der Waals surface area contributed by atoms with E-state index in [0.717, 1.165) is 5.56 Å². The molecule has 0 bridgehead atoms. The number of nitrogens with zero attached hydrogens (tertiary/aromatic N) is 2. The van der Waals surface area contributed by atoms with Crippen molar-refractivity contribution < 1.29 is 4.79 Å². The molecule has 3 heteroatoms. The molecule has 1 aromatic carbocycles. The van der Waals surface area contributed by atoms with Crippen LogP contribution >= 0.6 is 0 Å². The number of hydrogen-bond donors (Lipinski definition) is 0. The quantitative estimate of drug-likeness (QED) is 0.762. The summed E-state index contributed by atoms with van der Waals surface area (Å²) in [6.45, 7) is 6.78. The Balaban J connectivity index is 0.000000771. The maximum absolute atomic E-state index is 11.3. The molecule has 0 aliphatic carbocycles. The van der Waals surface area contributed by atoms with Gasteiger partial charge in [-0.3, -0.25) is 4.79 Å². The van der Waals surface area contributed by atoms with Crippen LogP contribution in [0.3, 0.4) is 0 Å². The fourth-order valence-corrected chi connectivity index (χ4v) is 2.23. The van der Waals surface area contributed by atoms with Crippen LogP contribution in [0.25, 0.3) is 0 Å². The first-order valence-corrected chi connectivity index (χ1v) is 6.42. The van der Waals surface area contributed by atoms with Gasteiger partial charge in [0.25, 0.3) is 0 Å². The Morgan fingerprint density at radius 2 is 1.89 bits per heavy atom. The van der Waals surface area contributed by atoms with Crippen LogP contribution in [0.4, 0.5) is 0 Å². The van der Waals surface area contributed by atoms with Gasteiger partial charge < -0.3 is 4.90 Å². The Kier molecular flexibility index (Phi) is 5.38. The summed E-state index contributed by atoms with van der Waals surface area (Å²) in [7, 11) is 0. The third kappa shape index (κ3) is 3.10. The Labute approximate surface area is 109 Å². The average molecular weight is 244 g/mol. The number of nitriles is 1. The van der Waals surface area contributed by atoms with E-state index in [1.165, 1.54) is 0 Å². The van der Waals surface area contributed by atoms with E-state index in [2.05, 4.69) is 6.07 Å². The van der Waals surface area contributed by atoms with Crippen LogP contribution in [0.5, 0.6) is 0 Å². The largest absolute Gasteiger partial charge is 0.341 e. The van der Waals surface area contributed by atoms with E-state index >= 15 is 0 Å². The lowest BCUT2D eigenvalue weighted by atomic mass is 9.90. The molecule has 1 aliphatic rings. The summed E-state index contributed by atoms with van der Waals surface area (Å²) in [5, 5.41) is 9.11. The minimum atomic E-state index is -0.0775. The topological polar surface area (TPSA) is 44.1 Å². The highest BCUT2D eigenvalue weighted by Crippen LogP contribution is 2.31. The number of hydrogen-bond acceptors (Lipinski definition) is 2. The lowest BCUT2D eigenvalue weighted by Gasteiger charge is -2.13. The lowest BCUT2D eigenvalue weighted by molar-refractivity contribution is -0.127. The van der Waals surface area contributed by atoms with E-state index in [9.17, 15) is 4.79 Å². The molecule has 1 amide bonds. The van der Waals surface area contributed by atoms with Crippen LogP contribution in [-0.4, -0.2) is 23.9 Å². The molecule has 0 radical (unpaired) electrons. The Morgan fingerprint density at radius 1 is 1.28 bits per heavy atom. The molecule has 1 aromatic rings. The number of benzene rings is 1. The summed E-state index contributed by atoms with van der Waals surface area (Å²) >= 11 is 0. The highest BCUT2D eigenvalue weighted by Gasteiger charge is 2.34. The zero-order valence-electron chi connectivity index (χ0n) is 11.3. The van der Waals surface area contributed by atoms with Crippen molar-refractivity contribution in [1.82, 2.24) is 4.90 Å². The van der Waals surface area contributed by atoms with Gasteiger partial charge in [0, 0.05) is 25.9 Å². The van der Waals surface area contributed by atoms with Crippen molar-refractivity contribution in [2.75, 3.05) is 13.1 Å². The van der Waals surface area contributed by atoms with Crippen molar-refractivity contribution in [3.63, 3.8) is 0 Å². The molecule has 1 saturated heterocycles. The molecule has 96 valence electrons. The predicted molar refractivity (Wildman–Crippen MR) is 71.9 cm³/mol. The summed E-state index contributed by atoms with van der Waals surface area (Å²) in [5.74, 6) is 0.139. The standard InChI is InChI=1S/C13H14N2O.C2H6/c1-10(16)15-8-12(7-14)13(9-15)11-5-3-2-4-6-11;1-2/h2-6,12-13H,8-9H2,1H3;1-2H3/t12-,13+;/m1./s1. The summed E-state index contributed by atoms with van der Waals surface area (Å²) in [4.78, 5) is 13.1. The molecule has 0 unspecified atom stereocenters. The molecule has 18 heavy (non-hydrogen) atoms. The van der Waals surface area contributed by atoms with Crippen molar-refractivity contribution in [3.8, 4) is 6.07 Å². The van der Waals surface area contributed by atoms with Crippen molar-refractivity contribution in [2.24, 2.45) is 5.92 Å². The summed E-state index contributed by atoms with van der Waals surface area (Å²) < 4.78 is 0. The molecule has 2 atom stereocenters. The molecule has 0 aromatic heterocycles. The Bertz CT molecular complexity index is 422. The first-order chi connectivity index (χ1) is 8.72. The maximum Gasteiger partial charge on any atom is 0.219 e. The molecule has 1 heterocycles. The molecule has 2 rings (SSSR count). The molecule has 0 saturated carbocycles. The van der Waals surface area contributed by atoms with E-state index in [0.29, 0.717) is 13.1 Å². The molecule has 0 N–H and O–H groups in total. The van der Waals surface area contributed by atoms with Gasteiger partial charge in [0.15, 0.2) is 0 Å². The molecular formula is C15H20N2O. The van der Waals surface area contributed by atoms with Crippen LogP contribution in [0.1, 0.15) is 32.3 Å². The second-order valence-electron chi connectivity index (χ2n) is 4.18. The van der Waals surface area contributed by atoms with Gasteiger partial charge in [-0.2, -0.15) is 5.26 Å². The van der Waals surface area contributed by atoms with Gasteiger partial charge in [0.05, 0.1) is 12.0 Å². The maximum atomic E-state index is 11.3. The van der Waals surface area contributed by atoms with Crippen LogP contribution in [-0.2, 0) is 4.79 Å². The van der Waals surface area contributed by atoms with Crippen molar-refractivity contribution in [2.45, 2.75) is 26.7 Å². The van der Waals surface area contributed by atoms with Crippen molar-refractivity contribution >= 4 is 5.91 Å². The third-order valence-electron chi connectivity index (χ3n) is 3.16. The zero-order chi connectivity index (χ0) is 13.5. The van der Waals surface area contributed by atoms with Crippen LogP contribution in [0, 0.1) is 17.2 Å². The van der Waals surface area contributed by atoms with Gasteiger partial charge >= 0.3 is 0 Å². The second-order valence-corrected chi connectivity index (χ2v) is 4.18. The first kappa shape index (κ1) is 14.2. The van der Waals surface area contributed by atoms with Gasteiger partial charge in [0.1, 0.15) is 0 Å². The molecular weight excluding hydrogens is 224 g/mol. The molecule has 1 fully saturated rings. The fourth-order valence-electron chi connectivity index (χ4n) is 2.23. The monoisotopic (exact) mass is 244 g/mol. The van der Waals surface area contributed by atoms with Crippen molar-refractivity contribution in [1.29, 1.82) is 5.26 Å². The van der Waals surface area contributed by atoms with Crippen LogP contribution in [0.2, 0.25) is 0 Å². The molecule has 3 nitrogen and oxygen atoms in total. The number of amides is 1. The zero-order valence-corrected chi connectivity index (χ0v) is 11.3. The highest BCUT2D eigenvalue weighted by molar-refractivity contribution is 5.73. The van der Waals surface area contributed by atoms with Crippen LogP contribution < -0.4 is 0 Å². The summed E-state index contributed by atoms with van der Waals surface area (Å²) in [6.07, 6.45) is 0. The minimum absolute atomic E-state index is 0.0543. The van der Waals surface area contributed by atoms with E-state index in [1.54, 1.807) is 11.8 Å². The second kappa shape index (κ2) is 6.80. The summed E-state index contributed by atoms with van der Waals surface area (Å²) in [6, 6.07) is 12.3. The number of rotatable bonds is 1. The van der Waals surface area contributed by atoms with Gasteiger partial charge in [-0.05, 0) is 5.56 Å². The normalized spacial score (nSPS) is 21.8. The van der Waals surface area contributed by atoms with Gasteiger partial charge in [-0.25, -0.2) is 0 Å². The Morgan fingerprint density at radius 3 is 2.39 bits per heavy atom. The molecule has 0 spiro atoms. The van der Waals surface area contributed by atoms with Gasteiger partial charge in [0.2, 0.25) is 5.91 Å².